The van der Waals surface area contributed by atoms with E-state index in [1.807, 2.05) is 0 Å². The highest BCUT2D eigenvalue weighted by Gasteiger charge is 2.29. The van der Waals surface area contributed by atoms with Crippen molar-refractivity contribution in [1.29, 1.82) is 0 Å². The maximum atomic E-state index is 11.9. The van der Waals surface area contributed by atoms with Gasteiger partial charge in [0.25, 0.3) is 0 Å². The molecule has 1 unspecified atom stereocenters. The lowest BCUT2D eigenvalue weighted by molar-refractivity contribution is -0.132. The minimum absolute atomic E-state index is 0.0580. The van der Waals surface area contributed by atoms with Crippen LogP contribution in [0.15, 0.2) is 18.2 Å². The van der Waals surface area contributed by atoms with Gasteiger partial charge in [0.2, 0.25) is 5.91 Å². The van der Waals surface area contributed by atoms with Gasteiger partial charge in [0.05, 0.1) is 12.2 Å². The smallest absolute Gasteiger partial charge is 0.249 e. The lowest BCUT2D eigenvalue weighted by Crippen LogP contribution is -2.37. The molecule has 0 spiro atoms. The molecule has 1 fully saturated rings. The molecular weight excluding hydrogens is 315 g/mol. The van der Waals surface area contributed by atoms with Crippen LogP contribution in [-0.4, -0.2) is 36.3 Å². The maximum absolute atomic E-state index is 11.9. The molecule has 0 bridgehead atoms. The van der Waals surface area contributed by atoms with Crippen molar-refractivity contribution in [2.24, 2.45) is 5.73 Å². The van der Waals surface area contributed by atoms with Crippen molar-refractivity contribution in [3.05, 3.63) is 33.8 Å². The standard InChI is InChI=1S/C14H18Cl2N2O3/c15-9-3-8(4-10(16)5-9)12(19)7-18-14(20)13-2-1-11(6-17)21-13/h3-5,11-13,19H,1-2,6-7,17H2,(H,18,20)/t11-,12?,13+/m1/s1. The van der Waals surface area contributed by atoms with Gasteiger partial charge >= 0.3 is 0 Å². The van der Waals surface area contributed by atoms with E-state index in [1.54, 1.807) is 18.2 Å². The summed E-state index contributed by atoms with van der Waals surface area (Å²) in [6.45, 7) is 0.482. The van der Waals surface area contributed by atoms with Gasteiger partial charge in [-0.2, -0.15) is 0 Å². The number of carbonyl (C=O) groups excluding carboxylic acids is 1. The van der Waals surface area contributed by atoms with Crippen molar-refractivity contribution in [1.82, 2.24) is 5.32 Å². The summed E-state index contributed by atoms with van der Waals surface area (Å²) in [4.78, 5) is 11.9. The Kier molecular flexibility index (Phi) is 5.84. The molecule has 1 aromatic rings. The fourth-order valence-electron chi connectivity index (χ4n) is 2.27. The number of rotatable bonds is 5. The van der Waals surface area contributed by atoms with Gasteiger partial charge in [-0.3, -0.25) is 4.79 Å². The molecule has 3 atom stereocenters. The molecule has 1 aromatic carbocycles. The van der Waals surface area contributed by atoms with Gasteiger partial charge < -0.3 is 20.9 Å². The maximum Gasteiger partial charge on any atom is 0.249 e. The summed E-state index contributed by atoms with van der Waals surface area (Å²) >= 11 is 11.8. The van der Waals surface area contributed by atoms with Crippen molar-refractivity contribution in [3.63, 3.8) is 0 Å². The zero-order chi connectivity index (χ0) is 15.4. The SMILES string of the molecule is NC[C@H]1CC[C@@H](C(=O)NCC(O)c2cc(Cl)cc(Cl)c2)O1. The van der Waals surface area contributed by atoms with Crippen LogP contribution in [0.2, 0.25) is 10.0 Å². The predicted octanol–water partition coefficient (Wildman–Crippen LogP) is 1.65. The Morgan fingerprint density at radius 1 is 1.38 bits per heavy atom. The first kappa shape index (κ1) is 16.5. The number of ether oxygens (including phenoxy) is 1. The van der Waals surface area contributed by atoms with E-state index in [-0.39, 0.29) is 18.6 Å². The quantitative estimate of drug-likeness (QED) is 0.765. The largest absolute Gasteiger partial charge is 0.387 e. The molecule has 0 aromatic heterocycles. The molecule has 4 N–H and O–H groups in total. The van der Waals surface area contributed by atoms with Gasteiger partial charge in [0.1, 0.15) is 6.10 Å². The third kappa shape index (κ3) is 4.56. The van der Waals surface area contributed by atoms with Crippen LogP contribution in [0.4, 0.5) is 0 Å². The summed E-state index contributed by atoms with van der Waals surface area (Å²) in [5.41, 5.74) is 6.06. The van der Waals surface area contributed by atoms with Crippen molar-refractivity contribution in [2.45, 2.75) is 31.2 Å². The molecule has 21 heavy (non-hydrogen) atoms. The molecule has 7 heteroatoms. The third-order valence-electron chi connectivity index (χ3n) is 3.40. The Morgan fingerprint density at radius 3 is 2.62 bits per heavy atom. The summed E-state index contributed by atoms with van der Waals surface area (Å²) in [7, 11) is 0. The van der Waals surface area contributed by atoms with Crippen molar-refractivity contribution in [2.75, 3.05) is 13.1 Å². The first-order valence-electron chi connectivity index (χ1n) is 6.77. The van der Waals surface area contributed by atoms with Gasteiger partial charge in [0.15, 0.2) is 0 Å². The van der Waals surface area contributed by atoms with Gasteiger partial charge in [-0.15, -0.1) is 0 Å². The molecule has 1 saturated heterocycles. The number of amides is 1. The number of nitrogens with two attached hydrogens (primary N) is 1. The van der Waals surface area contributed by atoms with Gasteiger partial charge in [0, 0.05) is 23.1 Å². The van der Waals surface area contributed by atoms with Crippen LogP contribution in [0.1, 0.15) is 24.5 Å². The zero-order valence-electron chi connectivity index (χ0n) is 11.4. The van der Waals surface area contributed by atoms with Gasteiger partial charge in [-0.1, -0.05) is 23.2 Å². The fraction of sp³-hybridized carbons (Fsp3) is 0.500. The number of hydrogen-bond acceptors (Lipinski definition) is 4. The van der Waals surface area contributed by atoms with Crippen LogP contribution >= 0.6 is 23.2 Å². The molecule has 0 radical (unpaired) electrons. The second kappa shape index (κ2) is 7.42. The lowest BCUT2D eigenvalue weighted by atomic mass is 10.1. The van der Waals surface area contributed by atoms with E-state index in [9.17, 15) is 9.90 Å². The van der Waals surface area contributed by atoms with Crippen LogP contribution in [0.5, 0.6) is 0 Å². The van der Waals surface area contributed by atoms with Gasteiger partial charge in [-0.25, -0.2) is 0 Å². The second-order valence-electron chi connectivity index (χ2n) is 5.02. The normalized spacial score (nSPS) is 23.0. The second-order valence-corrected chi connectivity index (χ2v) is 5.90. The number of aliphatic hydroxyl groups excluding tert-OH is 1. The van der Waals surface area contributed by atoms with E-state index in [0.29, 0.717) is 28.6 Å². The highest BCUT2D eigenvalue weighted by molar-refractivity contribution is 6.34. The Bertz CT molecular complexity index is 493. The van der Waals surface area contributed by atoms with Gasteiger partial charge in [-0.05, 0) is 36.6 Å². The summed E-state index contributed by atoms with van der Waals surface area (Å²) in [6, 6.07) is 4.80. The zero-order valence-corrected chi connectivity index (χ0v) is 12.9. The third-order valence-corrected chi connectivity index (χ3v) is 3.84. The average Bonchev–Trinajstić information content (AvgIpc) is 2.92. The molecule has 5 nitrogen and oxygen atoms in total. The van der Waals surface area contributed by atoms with Crippen LogP contribution < -0.4 is 11.1 Å². The lowest BCUT2D eigenvalue weighted by Gasteiger charge is -2.16. The minimum Gasteiger partial charge on any atom is -0.387 e. The Morgan fingerprint density at radius 2 is 2.05 bits per heavy atom. The summed E-state index contributed by atoms with van der Waals surface area (Å²) in [5.74, 6) is -0.238. The number of halogens is 2. The number of nitrogens with one attached hydrogen (secondary N) is 1. The Labute approximate surface area is 133 Å². The molecule has 0 aliphatic carbocycles. The van der Waals surface area contributed by atoms with Crippen LogP contribution in [-0.2, 0) is 9.53 Å². The summed E-state index contributed by atoms with van der Waals surface area (Å²) in [6.07, 6.45) is -0.00337. The Balaban J connectivity index is 1.86. The van der Waals surface area contributed by atoms with Crippen molar-refractivity contribution in [3.8, 4) is 0 Å². The van der Waals surface area contributed by atoms with Crippen molar-refractivity contribution >= 4 is 29.1 Å². The first-order valence-corrected chi connectivity index (χ1v) is 7.52. The van der Waals surface area contributed by atoms with Crippen LogP contribution in [0.25, 0.3) is 0 Å². The molecule has 1 amide bonds. The predicted molar refractivity (Wildman–Crippen MR) is 81.4 cm³/mol. The minimum atomic E-state index is -0.878. The fourth-order valence-corrected chi connectivity index (χ4v) is 2.81. The van der Waals surface area contributed by atoms with Crippen molar-refractivity contribution < 1.29 is 14.6 Å². The molecular formula is C14H18Cl2N2O3. The van der Waals surface area contributed by atoms with Crippen LogP contribution in [0, 0.1) is 0 Å². The average molecular weight is 333 g/mol. The molecule has 116 valence electrons. The summed E-state index contributed by atoms with van der Waals surface area (Å²) in [5, 5.41) is 13.6. The highest BCUT2D eigenvalue weighted by atomic mass is 35.5. The molecule has 2 rings (SSSR count). The number of hydrogen-bond donors (Lipinski definition) is 3. The molecule has 1 aliphatic heterocycles. The molecule has 0 saturated carbocycles. The summed E-state index contributed by atoms with van der Waals surface area (Å²) < 4.78 is 5.49. The Hall–Kier alpha value is -0.850. The number of carbonyl (C=O) groups is 1. The van der Waals surface area contributed by atoms with E-state index in [1.165, 1.54) is 0 Å². The van der Waals surface area contributed by atoms with E-state index >= 15 is 0 Å². The monoisotopic (exact) mass is 332 g/mol. The van der Waals surface area contributed by atoms with E-state index in [2.05, 4.69) is 5.32 Å². The first-order chi connectivity index (χ1) is 9.99. The topological polar surface area (TPSA) is 84.6 Å². The highest BCUT2D eigenvalue weighted by Crippen LogP contribution is 2.23. The van der Waals surface area contributed by atoms with E-state index < -0.39 is 12.2 Å². The molecule has 1 heterocycles. The molecule has 1 aliphatic rings. The van der Waals surface area contributed by atoms with E-state index in [4.69, 9.17) is 33.7 Å². The van der Waals surface area contributed by atoms with Crippen LogP contribution in [0.3, 0.4) is 0 Å². The number of aliphatic hydroxyl groups is 1. The number of benzene rings is 1. The van der Waals surface area contributed by atoms with E-state index in [0.717, 1.165) is 6.42 Å².